The fourth-order valence-electron chi connectivity index (χ4n) is 3.68. The fraction of sp³-hybridized carbons (Fsp3) is 0.417. The molecule has 1 fully saturated rings. The second-order valence-corrected chi connectivity index (χ2v) is 10.8. The highest BCUT2D eigenvalue weighted by atomic mass is 32.2. The molecule has 1 aliphatic rings. The molecule has 7 heteroatoms. The molecule has 0 N–H and O–H groups in total. The highest BCUT2D eigenvalue weighted by Crippen LogP contribution is 2.34. The van der Waals surface area contributed by atoms with E-state index in [2.05, 4.69) is 42.5 Å². The first-order valence-electron chi connectivity index (χ1n) is 10.5. The maximum Gasteiger partial charge on any atom is 0.410 e. The Labute approximate surface area is 191 Å². The van der Waals surface area contributed by atoms with Crippen molar-refractivity contribution < 1.29 is 14.3 Å². The van der Waals surface area contributed by atoms with E-state index in [1.54, 1.807) is 16.7 Å². The van der Waals surface area contributed by atoms with Gasteiger partial charge in [0.1, 0.15) is 5.60 Å². The molecule has 2 aromatic carbocycles. The Balaban J connectivity index is 1.27. The summed E-state index contributed by atoms with van der Waals surface area (Å²) in [4.78, 5) is 28.3. The standard InChI is InChI=1S/C24H28N2O3S2/c1-24(2,3)29-23(28)26-12-10-25(11-13-26)22(27)16-30-15-17-8-9-21-19(14-17)18-6-4-5-7-20(18)31-21/h4-9,14H,10-13,15-16H2,1-3H3. The van der Waals surface area contributed by atoms with Crippen molar-refractivity contribution >= 4 is 55.3 Å². The number of fused-ring (bicyclic) bond motifs is 3. The molecule has 1 aliphatic heterocycles. The Morgan fingerprint density at radius 2 is 1.65 bits per heavy atom. The fourth-order valence-corrected chi connectivity index (χ4v) is 5.64. The van der Waals surface area contributed by atoms with E-state index in [0.717, 1.165) is 5.75 Å². The number of thioether (sulfide) groups is 1. The number of carbonyl (C=O) groups is 2. The van der Waals surface area contributed by atoms with Crippen LogP contribution in [0.3, 0.4) is 0 Å². The van der Waals surface area contributed by atoms with Crippen molar-refractivity contribution in [3.05, 3.63) is 48.0 Å². The molecule has 164 valence electrons. The van der Waals surface area contributed by atoms with Crippen molar-refractivity contribution in [3.63, 3.8) is 0 Å². The van der Waals surface area contributed by atoms with E-state index >= 15 is 0 Å². The van der Waals surface area contributed by atoms with E-state index in [1.807, 2.05) is 37.0 Å². The van der Waals surface area contributed by atoms with Crippen LogP contribution in [0.25, 0.3) is 20.2 Å². The maximum absolute atomic E-state index is 12.6. The average molecular weight is 457 g/mol. The second-order valence-electron chi connectivity index (χ2n) is 8.77. The molecule has 0 bridgehead atoms. The number of thiophene rings is 1. The quantitative estimate of drug-likeness (QED) is 0.530. The molecule has 1 aromatic heterocycles. The minimum atomic E-state index is -0.501. The van der Waals surface area contributed by atoms with Crippen molar-refractivity contribution in [2.24, 2.45) is 0 Å². The Morgan fingerprint density at radius 1 is 0.968 bits per heavy atom. The van der Waals surface area contributed by atoms with Gasteiger partial charge >= 0.3 is 6.09 Å². The number of hydrogen-bond acceptors (Lipinski definition) is 5. The van der Waals surface area contributed by atoms with Gasteiger partial charge in [-0.2, -0.15) is 0 Å². The van der Waals surface area contributed by atoms with Crippen LogP contribution in [0.5, 0.6) is 0 Å². The molecule has 0 unspecified atom stereocenters. The maximum atomic E-state index is 12.6. The summed E-state index contributed by atoms with van der Waals surface area (Å²) < 4.78 is 8.03. The molecule has 4 rings (SSSR count). The first-order valence-corrected chi connectivity index (χ1v) is 12.5. The number of nitrogens with zero attached hydrogens (tertiary/aromatic N) is 2. The van der Waals surface area contributed by atoms with Gasteiger partial charge in [-0.05, 0) is 44.5 Å². The summed E-state index contributed by atoms with van der Waals surface area (Å²) in [5.74, 6) is 1.40. The molecule has 1 saturated heterocycles. The lowest BCUT2D eigenvalue weighted by molar-refractivity contribution is -0.130. The Bertz CT molecular complexity index is 1100. The molecule has 0 saturated carbocycles. The molecular formula is C24H28N2O3S2. The summed E-state index contributed by atoms with van der Waals surface area (Å²) in [6.45, 7) is 7.75. The molecule has 0 radical (unpaired) electrons. The van der Waals surface area contributed by atoms with Crippen molar-refractivity contribution in [1.29, 1.82) is 0 Å². The van der Waals surface area contributed by atoms with Crippen molar-refractivity contribution in [2.45, 2.75) is 32.1 Å². The van der Waals surface area contributed by atoms with Gasteiger partial charge in [0.05, 0.1) is 5.75 Å². The summed E-state index contributed by atoms with van der Waals surface area (Å²) >= 11 is 3.46. The van der Waals surface area contributed by atoms with E-state index < -0.39 is 5.60 Å². The van der Waals surface area contributed by atoms with Crippen LogP contribution in [-0.2, 0) is 15.3 Å². The topological polar surface area (TPSA) is 49.9 Å². The van der Waals surface area contributed by atoms with Crippen LogP contribution in [-0.4, -0.2) is 59.3 Å². The zero-order chi connectivity index (χ0) is 22.0. The minimum absolute atomic E-state index is 0.135. The van der Waals surface area contributed by atoms with E-state index in [4.69, 9.17) is 4.74 Å². The Morgan fingerprint density at radius 3 is 2.39 bits per heavy atom. The predicted molar refractivity (Wildman–Crippen MR) is 130 cm³/mol. The smallest absolute Gasteiger partial charge is 0.410 e. The van der Waals surface area contributed by atoms with Gasteiger partial charge in [-0.1, -0.05) is 24.3 Å². The third kappa shape index (κ3) is 5.33. The van der Waals surface area contributed by atoms with Crippen LogP contribution in [0, 0.1) is 0 Å². The van der Waals surface area contributed by atoms with Gasteiger partial charge in [-0.25, -0.2) is 4.79 Å². The van der Waals surface area contributed by atoms with Gasteiger partial charge in [-0.3, -0.25) is 4.79 Å². The van der Waals surface area contributed by atoms with Crippen LogP contribution in [0.2, 0.25) is 0 Å². The number of amides is 2. The summed E-state index contributed by atoms with van der Waals surface area (Å²) in [6.07, 6.45) is -0.301. The third-order valence-electron chi connectivity index (χ3n) is 5.22. The van der Waals surface area contributed by atoms with Crippen LogP contribution in [0.1, 0.15) is 26.3 Å². The van der Waals surface area contributed by atoms with Crippen molar-refractivity contribution in [3.8, 4) is 0 Å². The number of rotatable bonds is 4. The normalized spacial score (nSPS) is 14.9. The lowest BCUT2D eigenvalue weighted by atomic mass is 10.1. The van der Waals surface area contributed by atoms with E-state index in [9.17, 15) is 9.59 Å². The van der Waals surface area contributed by atoms with Crippen LogP contribution >= 0.6 is 23.1 Å². The second kappa shape index (κ2) is 9.09. The summed E-state index contributed by atoms with van der Waals surface area (Å²) in [5.41, 5.74) is 0.738. The van der Waals surface area contributed by atoms with Crippen molar-refractivity contribution in [1.82, 2.24) is 9.80 Å². The molecule has 2 heterocycles. The zero-order valence-electron chi connectivity index (χ0n) is 18.2. The number of hydrogen-bond donors (Lipinski definition) is 0. The van der Waals surface area contributed by atoms with Crippen LogP contribution in [0.15, 0.2) is 42.5 Å². The molecule has 31 heavy (non-hydrogen) atoms. The van der Waals surface area contributed by atoms with Gasteiger partial charge in [-0.15, -0.1) is 23.1 Å². The van der Waals surface area contributed by atoms with Gasteiger partial charge in [0, 0.05) is 52.1 Å². The summed E-state index contributed by atoms with van der Waals surface area (Å²) in [5, 5.41) is 2.59. The minimum Gasteiger partial charge on any atom is -0.444 e. The number of benzene rings is 2. The molecule has 5 nitrogen and oxygen atoms in total. The lowest BCUT2D eigenvalue weighted by Gasteiger charge is -2.35. The Hall–Kier alpha value is -2.25. The van der Waals surface area contributed by atoms with Gasteiger partial charge in [0.15, 0.2) is 0 Å². The van der Waals surface area contributed by atoms with Crippen LogP contribution < -0.4 is 0 Å². The highest BCUT2D eigenvalue weighted by molar-refractivity contribution is 7.99. The first-order chi connectivity index (χ1) is 14.8. The van der Waals surface area contributed by atoms with Gasteiger partial charge in [0.25, 0.3) is 0 Å². The van der Waals surface area contributed by atoms with Crippen LogP contribution in [0.4, 0.5) is 4.79 Å². The summed E-state index contributed by atoms with van der Waals surface area (Å²) in [6, 6.07) is 15.1. The predicted octanol–water partition coefficient (Wildman–Crippen LogP) is 5.37. The van der Waals surface area contributed by atoms with E-state index in [-0.39, 0.29) is 12.0 Å². The SMILES string of the molecule is CC(C)(C)OC(=O)N1CCN(C(=O)CSCc2ccc3sc4ccccc4c3c2)CC1. The Kier molecular flexibility index (Phi) is 6.44. The molecule has 0 atom stereocenters. The molecular weight excluding hydrogens is 428 g/mol. The first kappa shape index (κ1) is 22.0. The van der Waals surface area contributed by atoms with E-state index in [1.165, 1.54) is 25.7 Å². The van der Waals surface area contributed by atoms with Gasteiger partial charge < -0.3 is 14.5 Å². The third-order valence-corrected chi connectivity index (χ3v) is 7.36. The highest BCUT2D eigenvalue weighted by Gasteiger charge is 2.27. The molecule has 0 spiro atoms. The average Bonchev–Trinajstić information content (AvgIpc) is 3.10. The lowest BCUT2D eigenvalue weighted by Crippen LogP contribution is -2.52. The number of ether oxygens (including phenoxy) is 1. The molecule has 2 amide bonds. The largest absolute Gasteiger partial charge is 0.444 e. The number of piperazine rings is 1. The van der Waals surface area contributed by atoms with Gasteiger partial charge in [0.2, 0.25) is 5.91 Å². The summed E-state index contributed by atoms with van der Waals surface area (Å²) in [7, 11) is 0. The molecule has 0 aliphatic carbocycles. The van der Waals surface area contributed by atoms with Crippen molar-refractivity contribution in [2.75, 3.05) is 31.9 Å². The monoisotopic (exact) mass is 456 g/mol. The molecule has 3 aromatic rings. The number of carbonyl (C=O) groups excluding carboxylic acids is 2. The van der Waals surface area contributed by atoms with E-state index in [0.29, 0.717) is 31.9 Å². The zero-order valence-corrected chi connectivity index (χ0v) is 19.9.